The summed E-state index contributed by atoms with van der Waals surface area (Å²) >= 11 is 0. The van der Waals surface area contributed by atoms with Gasteiger partial charge in [-0.25, -0.2) is 4.39 Å². The third-order valence-electron chi connectivity index (χ3n) is 1.40. The molecule has 64 valence electrons. The molecule has 0 fully saturated rings. The van der Waals surface area contributed by atoms with E-state index in [-0.39, 0.29) is 5.82 Å². The van der Waals surface area contributed by atoms with Gasteiger partial charge in [-0.05, 0) is 31.2 Å². The van der Waals surface area contributed by atoms with E-state index in [1.807, 2.05) is 19.1 Å². The Hall–Kier alpha value is -1.31. The molecule has 0 aliphatic carbocycles. The minimum atomic E-state index is -0.242. The zero-order valence-corrected chi connectivity index (χ0v) is 6.96. The quantitative estimate of drug-likeness (QED) is 0.627. The first-order valence-electron chi connectivity index (χ1n) is 3.82. The molecule has 0 aliphatic rings. The van der Waals surface area contributed by atoms with E-state index in [1.165, 1.54) is 12.1 Å². The highest BCUT2D eigenvalue weighted by molar-refractivity contribution is 5.22. The van der Waals surface area contributed by atoms with Crippen molar-refractivity contribution in [3.8, 4) is 5.75 Å². The van der Waals surface area contributed by atoms with Crippen LogP contribution in [0.2, 0.25) is 0 Å². The summed E-state index contributed by atoms with van der Waals surface area (Å²) in [4.78, 5) is 0. The SMILES string of the molecule is C/C=C/COc1ccc(F)cc1. The fraction of sp³-hybridized carbons (Fsp3) is 0.200. The number of ether oxygens (including phenoxy) is 1. The summed E-state index contributed by atoms with van der Waals surface area (Å²) in [6.07, 6.45) is 3.80. The third kappa shape index (κ3) is 2.74. The van der Waals surface area contributed by atoms with E-state index in [2.05, 4.69) is 0 Å². The second kappa shape index (κ2) is 4.54. The molecule has 2 heteroatoms. The maximum atomic E-state index is 12.4. The highest BCUT2D eigenvalue weighted by atomic mass is 19.1. The second-order valence-electron chi connectivity index (χ2n) is 2.33. The van der Waals surface area contributed by atoms with E-state index in [9.17, 15) is 4.39 Å². The lowest BCUT2D eigenvalue weighted by Gasteiger charge is -2.01. The summed E-state index contributed by atoms with van der Waals surface area (Å²) in [6, 6.07) is 5.98. The van der Waals surface area contributed by atoms with E-state index in [0.717, 1.165) is 0 Å². The van der Waals surface area contributed by atoms with E-state index in [4.69, 9.17) is 4.74 Å². The Labute approximate surface area is 71.5 Å². The molecule has 1 aromatic carbocycles. The number of benzene rings is 1. The van der Waals surface area contributed by atoms with Crippen molar-refractivity contribution in [1.82, 2.24) is 0 Å². The van der Waals surface area contributed by atoms with Crippen molar-refractivity contribution in [2.75, 3.05) is 6.61 Å². The van der Waals surface area contributed by atoms with Crippen LogP contribution in [0.15, 0.2) is 36.4 Å². The Bertz CT molecular complexity index is 251. The smallest absolute Gasteiger partial charge is 0.123 e. The molecule has 0 amide bonds. The van der Waals surface area contributed by atoms with Gasteiger partial charge >= 0.3 is 0 Å². The van der Waals surface area contributed by atoms with Gasteiger partial charge in [0, 0.05) is 0 Å². The first-order valence-corrected chi connectivity index (χ1v) is 3.82. The van der Waals surface area contributed by atoms with Crippen LogP contribution in [-0.2, 0) is 0 Å². The van der Waals surface area contributed by atoms with Crippen LogP contribution in [0.4, 0.5) is 4.39 Å². The summed E-state index contributed by atoms with van der Waals surface area (Å²) in [5.74, 6) is 0.447. The van der Waals surface area contributed by atoms with E-state index in [1.54, 1.807) is 12.1 Å². The number of hydrogen-bond acceptors (Lipinski definition) is 1. The fourth-order valence-corrected chi connectivity index (χ4v) is 0.771. The molecule has 1 nitrogen and oxygen atoms in total. The minimum Gasteiger partial charge on any atom is -0.490 e. The van der Waals surface area contributed by atoms with Crippen molar-refractivity contribution < 1.29 is 9.13 Å². The van der Waals surface area contributed by atoms with Gasteiger partial charge in [-0.2, -0.15) is 0 Å². The van der Waals surface area contributed by atoms with Gasteiger partial charge in [-0.1, -0.05) is 12.2 Å². The summed E-state index contributed by atoms with van der Waals surface area (Å²) in [5.41, 5.74) is 0. The summed E-state index contributed by atoms with van der Waals surface area (Å²) < 4.78 is 17.7. The predicted molar refractivity (Wildman–Crippen MR) is 46.7 cm³/mol. The van der Waals surface area contributed by atoms with E-state index < -0.39 is 0 Å². The van der Waals surface area contributed by atoms with E-state index >= 15 is 0 Å². The van der Waals surface area contributed by atoms with Gasteiger partial charge in [0.15, 0.2) is 0 Å². The van der Waals surface area contributed by atoms with Crippen LogP contribution >= 0.6 is 0 Å². The monoisotopic (exact) mass is 166 g/mol. The van der Waals surface area contributed by atoms with Gasteiger partial charge in [0.25, 0.3) is 0 Å². The normalized spacial score (nSPS) is 10.5. The van der Waals surface area contributed by atoms with Crippen LogP contribution in [0.5, 0.6) is 5.75 Å². The molecule has 12 heavy (non-hydrogen) atoms. The molecule has 1 rings (SSSR count). The van der Waals surface area contributed by atoms with Crippen molar-refractivity contribution in [1.29, 1.82) is 0 Å². The summed E-state index contributed by atoms with van der Waals surface area (Å²) in [7, 11) is 0. The molecule has 0 unspecified atom stereocenters. The Kier molecular flexibility index (Phi) is 3.33. The molecule has 1 aromatic rings. The van der Waals surface area contributed by atoms with Gasteiger partial charge in [0.05, 0.1) is 0 Å². The molecule has 0 N–H and O–H groups in total. The van der Waals surface area contributed by atoms with Gasteiger partial charge in [0.2, 0.25) is 0 Å². The van der Waals surface area contributed by atoms with Crippen molar-refractivity contribution in [2.24, 2.45) is 0 Å². The lowest BCUT2D eigenvalue weighted by molar-refractivity contribution is 0.362. The highest BCUT2D eigenvalue weighted by Gasteiger charge is 1.91. The molecule has 0 spiro atoms. The maximum absolute atomic E-state index is 12.4. The first kappa shape index (κ1) is 8.78. The topological polar surface area (TPSA) is 9.23 Å². The molecular formula is C10H11FO. The molecular weight excluding hydrogens is 155 g/mol. The molecule has 0 aromatic heterocycles. The van der Waals surface area contributed by atoms with Crippen LogP contribution < -0.4 is 4.74 Å². The zero-order valence-electron chi connectivity index (χ0n) is 6.96. The molecule has 0 aliphatic heterocycles. The maximum Gasteiger partial charge on any atom is 0.123 e. The van der Waals surface area contributed by atoms with Gasteiger partial charge in [0.1, 0.15) is 18.2 Å². The average molecular weight is 166 g/mol. The highest BCUT2D eigenvalue weighted by Crippen LogP contribution is 2.10. The lowest BCUT2D eigenvalue weighted by atomic mass is 10.3. The average Bonchev–Trinajstić information content (AvgIpc) is 2.09. The lowest BCUT2D eigenvalue weighted by Crippen LogP contribution is -1.92. The first-order chi connectivity index (χ1) is 5.83. The standard InChI is InChI=1S/C10H11FO/c1-2-3-8-12-10-6-4-9(11)5-7-10/h2-7H,8H2,1H3/b3-2+. The van der Waals surface area contributed by atoms with Gasteiger partial charge in [-0.15, -0.1) is 0 Å². The third-order valence-corrected chi connectivity index (χ3v) is 1.40. The minimum absolute atomic E-state index is 0.242. The number of allylic oxidation sites excluding steroid dienone is 1. The molecule has 0 saturated carbocycles. The van der Waals surface area contributed by atoms with Crippen LogP contribution in [-0.4, -0.2) is 6.61 Å². The second-order valence-corrected chi connectivity index (χ2v) is 2.33. The van der Waals surface area contributed by atoms with Crippen LogP contribution in [0.3, 0.4) is 0 Å². The molecule has 0 atom stereocenters. The van der Waals surface area contributed by atoms with Crippen LogP contribution in [0.1, 0.15) is 6.92 Å². The van der Waals surface area contributed by atoms with Crippen molar-refractivity contribution in [3.05, 3.63) is 42.2 Å². The van der Waals surface area contributed by atoms with Crippen molar-refractivity contribution in [2.45, 2.75) is 6.92 Å². The predicted octanol–water partition coefficient (Wildman–Crippen LogP) is 2.78. The number of halogens is 1. The zero-order chi connectivity index (χ0) is 8.81. The Balaban J connectivity index is 2.47. The van der Waals surface area contributed by atoms with Crippen LogP contribution in [0.25, 0.3) is 0 Å². The number of rotatable bonds is 3. The number of hydrogen-bond donors (Lipinski definition) is 0. The Morgan fingerprint density at radius 1 is 1.33 bits per heavy atom. The van der Waals surface area contributed by atoms with Gasteiger partial charge in [-0.3, -0.25) is 0 Å². The molecule has 0 heterocycles. The van der Waals surface area contributed by atoms with Crippen molar-refractivity contribution >= 4 is 0 Å². The Morgan fingerprint density at radius 3 is 2.58 bits per heavy atom. The van der Waals surface area contributed by atoms with Crippen molar-refractivity contribution in [3.63, 3.8) is 0 Å². The molecule has 0 radical (unpaired) electrons. The van der Waals surface area contributed by atoms with E-state index in [0.29, 0.717) is 12.4 Å². The largest absolute Gasteiger partial charge is 0.490 e. The molecule has 0 bridgehead atoms. The fourth-order valence-electron chi connectivity index (χ4n) is 0.771. The summed E-state index contributed by atoms with van der Waals surface area (Å²) in [5, 5.41) is 0. The molecule has 0 saturated heterocycles. The van der Waals surface area contributed by atoms with Gasteiger partial charge < -0.3 is 4.74 Å². The Morgan fingerprint density at radius 2 is 2.00 bits per heavy atom. The van der Waals surface area contributed by atoms with Crippen LogP contribution in [0, 0.1) is 5.82 Å². The summed E-state index contributed by atoms with van der Waals surface area (Å²) in [6.45, 7) is 2.45.